The first-order valence-electron chi connectivity index (χ1n) is 7.88. The van der Waals surface area contributed by atoms with Crippen molar-refractivity contribution in [3.63, 3.8) is 0 Å². The third-order valence-corrected chi connectivity index (χ3v) is 4.25. The van der Waals surface area contributed by atoms with Gasteiger partial charge in [0, 0.05) is 24.7 Å². The van der Waals surface area contributed by atoms with Gasteiger partial charge in [-0.2, -0.15) is 0 Å². The minimum Gasteiger partial charge on any atom is -0.308 e. The average molecular weight is 274 g/mol. The zero-order chi connectivity index (χ0) is 14.8. The Labute approximate surface area is 124 Å². The molecule has 1 aliphatic carbocycles. The Morgan fingerprint density at radius 3 is 2.50 bits per heavy atom. The summed E-state index contributed by atoms with van der Waals surface area (Å²) in [6.45, 7) is 11.0. The van der Waals surface area contributed by atoms with Crippen LogP contribution in [0.4, 0.5) is 0 Å². The number of rotatable bonds is 6. The van der Waals surface area contributed by atoms with Crippen LogP contribution in [0.2, 0.25) is 0 Å². The second-order valence-electron chi connectivity index (χ2n) is 7.42. The van der Waals surface area contributed by atoms with E-state index in [1.54, 1.807) is 0 Å². The summed E-state index contributed by atoms with van der Waals surface area (Å²) < 4.78 is 0. The summed E-state index contributed by atoms with van der Waals surface area (Å²) in [6.07, 6.45) is 2.84. The number of hydrogen-bond acceptors (Lipinski definition) is 2. The molecule has 2 rings (SSSR count). The molecule has 0 aromatic heterocycles. The van der Waals surface area contributed by atoms with Crippen LogP contribution >= 0.6 is 0 Å². The van der Waals surface area contributed by atoms with Crippen molar-refractivity contribution in [2.75, 3.05) is 7.05 Å². The minimum absolute atomic E-state index is 0.174. The van der Waals surface area contributed by atoms with E-state index < -0.39 is 0 Å². The Morgan fingerprint density at radius 2 is 1.90 bits per heavy atom. The van der Waals surface area contributed by atoms with Crippen molar-refractivity contribution in [1.29, 1.82) is 0 Å². The normalized spacial score (nSPS) is 17.5. The molecule has 20 heavy (non-hydrogen) atoms. The molecule has 1 atom stereocenters. The molecule has 112 valence electrons. The second-order valence-corrected chi connectivity index (χ2v) is 7.42. The van der Waals surface area contributed by atoms with Gasteiger partial charge >= 0.3 is 0 Å². The van der Waals surface area contributed by atoms with Gasteiger partial charge in [-0.15, -0.1) is 0 Å². The van der Waals surface area contributed by atoms with Gasteiger partial charge in [0.1, 0.15) is 0 Å². The average Bonchev–Trinajstić information content (AvgIpc) is 3.19. The SMILES string of the molecule is CC(C1CC1)N(C)Cc1cccc(CNC(C)(C)C)c1. The molecule has 1 N–H and O–H groups in total. The zero-order valence-corrected chi connectivity index (χ0v) is 13.7. The molecule has 1 unspecified atom stereocenters. The smallest absolute Gasteiger partial charge is 0.0233 e. The van der Waals surface area contributed by atoms with Gasteiger partial charge in [0.2, 0.25) is 0 Å². The lowest BCUT2D eigenvalue weighted by Crippen LogP contribution is -2.35. The molecule has 0 spiro atoms. The molecule has 0 saturated heterocycles. The molecule has 1 aromatic carbocycles. The molecule has 2 heteroatoms. The second kappa shape index (κ2) is 6.28. The van der Waals surface area contributed by atoms with Gasteiger partial charge in [-0.25, -0.2) is 0 Å². The van der Waals surface area contributed by atoms with Crippen LogP contribution in [0, 0.1) is 5.92 Å². The van der Waals surface area contributed by atoms with Crippen molar-refractivity contribution < 1.29 is 0 Å². The van der Waals surface area contributed by atoms with E-state index in [0.29, 0.717) is 6.04 Å². The summed E-state index contributed by atoms with van der Waals surface area (Å²) in [5.41, 5.74) is 2.98. The lowest BCUT2D eigenvalue weighted by molar-refractivity contribution is 0.226. The van der Waals surface area contributed by atoms with E-state index in [2.05, 4.69) is 69.2 Å². The largest absolute Gasteiger partial charge is 0.308 e. The van der Waals surface area contributed by atoms with E-state index in [0.717, 1.165) is 19.0 Å². The Hall–Kier alpha value is -0.860. The van der Waals surface area contributed by atoms with Crippen molar-refractivity contribution in [3.05, 3.63) is 35.4 Å². The highest BCUT2D eigenvalue weighted by molar-refractivity contribution is 5.23. The third-order valence-electron chi connectivity index (χ3n) is 4.25. The van der Waals surface area contributed by atoms with E-state index in [9.17, 15) is 0 Å². The minimum atomic E-state index is 0.174. The Kier molecular flexibility index (Phi) is 4.87. The van der Waals surface area contributed by atoms with Gasteiger partial charge in [-0.05, 0) is 64.6 Å². The monoisotopic (exact) mass is 274 g/mol. The molecule has 1 aromatic rings. The van der Waals surface area contributed by atoms with Crippen LogP contribution in [0.15, 0.2) is 24.3 Å². The molecular weight excluding hydrogens is 244 g/mol. The lowest BCUT2D eigenvalue weighted by atomic mass is 10.1. The third kappa shape index (κ3) is 4.92. The summed E-state index contributed by atoms with van der Waals surface area (Å²) >= 11 is 0. The lowest BCUT2D eigenvalue weighted by Gasteiger charge is -2.25. The van der Waals surface area contributed by atoms with Gasteiger partial charge in [-0.3, -0.25) is 4.90 Å². The molecule has 0 heterocycles. The predicted molar refractivity (Wildman–Crippen MR) is 86.7 cm³/mol. The Balaban J connectivity index is 1.91. The molecular formula is C18H30N2. The number of hydrogen-bond donors (Lipinski definition) is 1. The fraction of sp³-hybridized carbons (Fsp3) is 0.667. The van der Waals surface area contributed by atoms with Crippen LogP contribution in [-0.4, -0.2) is 23.5 Å². The van der Waals surface area contributed by atoms with Crippen LogP contribution < -0.4 is 5.32 Å². The molecule has 1 aliphatic rings. The fourth-order valence-electron chi connectivity index (χ4n) is 2.58. The first kappa shape index (κ1) is 15.5. The highest BCUT2D eigenvalue weighted by Crippen LogP contribution is 2.35. The number of nitrogens with zero attached hydrogens (tertiary/aromatic N) is 1. The summed E-state index contributed by atoms with van der Waals surface area (Å²) in [4.78, 5) is 2.49. The van der Waals surface area contributed by atoms with Gasteiger partial charge in [0.25, 0.3) is 0 Å². The maximum absolute atomic E-state index is 3.56. The molecule has 0 amide bonds. The summed E-state index contributed by atoms with van der Waals surface area (Å²) in [5, 5.41) is 3.56. The molecule has 2 nitrogen and oxygen atoms in total. The van der Waals surface area contributed by atoms with Crippen molar-refractivity contribution in [3.8, 4) is 0 Å². The number of benzene rings is 1. The predicted octanol–water partition coefficient (Wildman–Crippen LogP) is 3.81. The molecule has 0 radical (unpaired) electrons. The highest BCUT2D eigenvalue weighted by Gasteiger charge is 2.30. The molecule has 1 saturated carbocycles. The van der Waals surface area contributed by atoms with Crippen LogP contribution in [0.3, 0.4) is 0 Å². The highest BCUT2D eigenvalue weighted by atomic mass is 15.1. The van der Waals surface area contributed by atoms with Gasteiger partial charge < -0.3 is 5.32 Å². The maximum atomic E-state index is 3.56. The summed E-state index contributed by atoms with van der Waals surface area (Å²) in [7, 11) is 2.25. The van der Waals surface area contributed by atoms with E-state index in [1.807, 2.05) is 0 Å². The van der Waals surface area contributed by atoms with Crippen molar-refractivity contribution in [1.82, 2.24) is 10.2 Å². The van der Waals surface area contributed by atoms with Crippen LogP contribution in [0.25, 0.3) is 0 Å². The van der Waals surface area contributed by atoms with Crippen molar-refractivity contribution >= 4 is 0 Å². The van der Waals surface area contributed by atoms with E-state index in [4.69, 9.17) is 0 Å². The Morgan fingerprint density at radius 1 is 1.25 bits per heavy atom. The van der Waals surface area contributed by atoms with Crippen LogP contribution in [-0.2, 0) is 13.1 Å². The van der Waals surface area contributed by atoms with Crippen LogP contribution in [0.1, 0.15) is 51.7 Å². The van der Waals surface area contributed by atoms with E-state index in [-0.39, 0.29) is 5.54 Å². The van der Waals surface area contributed by atoms with Gasteiger partial charge in [0.05, 0.1) is 0 Å². The molecule has 0 aliphatic heterocycles. The zero-order valence-electron chi connectivity index (χ0n) is 13.7. The van der Waals surface area contributed by atoms with Gasteiger partial charge in [-0.1, -0.05) is 24.3 Å². The van der Waals surface area contributed by atoms with Crippen LogP contribution in [0.5, 0.6) is 0 Å². The van der Waals surface area contributed by atoms with Crippen molar-refractivity contribution in [2.24, 2.45) is 5.92 Å². The molecule has 1 fully saturated rings. The summed E-state index contributed by atoms with van der Waals surface area (Å²) in [5.74, 6) is 0.936. The molecule has 0 bridgehead atoms. The van der Waals surface area contributed by atoms with E-state index in [1.165, 1.54) is 24.0 Å². The van der Waals surface area contributed by atoms with E-state index >= 15 is 0 Å². The van der Waals surface area contributed by atoms with Crippen molar-refractivity contribution in [2.45, 2.75) is 65.2 Å². The topological polar surface area (TPSA) is 15.3 Å². The summed E-state index contributed by atoms with van der Waals surface area (Å²) in [6, 6.07) is 9.70. The fourth-order valence-corrected chi connectivity index (χ4v) is 2.58. The first-order chi connectivity index (χ1) is 9.35. The quantitative estimate of drug-likeness (QED) is 0.848. The number of nitrogens with one attached hydrogen (secondary N) is 1. The standard InChI is InChI=1S/C18H30N2/c1-14(17-9-10-17)20(5)13-16-8-6-7-15(11-16)12-19-18(2,3)4/h6-8,11,14,17,19H,9-10,12-13H2,1-5H3. The van der Waals surface area contributed by atoms with Gasteiger partial charge in [0.15, 0.2) is 0 Å². The first-order valence-corrected chi connectivity index (χ1v) is 7.88. The Bertz CT molecular complexity index is 429. The maximum Gasteiger partial charge on any atom is 0.0233 e.